The Hall–Kier alpha value is -3.88. The summed E-state index contributed by atoms with van der Waals surface area (Å²) in [6, 6.07) is 7.49. The summed E-state index contributed by atoms with van der Waals surface area (Å²) in [4.78, 5) is 56.0. The number of hydrogen-bond donors (Lipinski definition) is 0. The molecule has 35 heavy (non-hydrogen) atoms. The molecular formula is C26H28N6O3. The number of ketones is 1. The van der Waals surface area contributed by atoms with E-state index >= 15 is 0 Å². The maximum Gasteiger partial charge on any atom is 0.324 e. The molecule has 3 aromatic heterocycles. The molecule has 0 N–H and O–H groups in total. The third-order valence-corrected chi connectivity index (χ3v) is 6.77. The van der Waals surface area contributed by atoms with Crippen molar-refractivity contribution < 1.29 is 14.4 Å². The van der Waals surface area contributed by atoms with Gasteiger partial charge in [0.1, 0.15) is 11.3 Å². The average Bonchev–Trinajstić information content (AvgIpc) is 2.85. The van der Waals surface area contributed by atoms with Crippen molar-refractivity contribution in [1.29, 1.82) is 0 Å². The van der Waals surface area contributed by atoms with E-state index < -0.39 is 0 Å². The van der Waals surface area contributed by atoms with Crippen molar-refractivity contribution in [2.45, 2.75) is 45.7 Å². The fraction of sp³-hybridized carbons (Fsp3) is 0.385. The van der Waals surface area contributed by atoms with Crippen LogP contribution in [-0.4, -0.2) is 68.7 Å². The van der Waals surface area contributed by atoms with Gasteiger partial charge >= 0.3 is 6.03 Å². The predicted molar refractivity (Wildman–Crippen MR) is 132 cm³/mol. The van der Waals surface area contributed by atoms with Gasteiger partial charge in [0.15, 0.2) is 0 Å². The monoisotopic (exact) mass is 472 g/mol. The maximum absolute atomic E-state index is 13.4. The van der Waals surface area contributed by atoms with Crippen molar-refractivity contribution >= 4 is 34.4 Å². The minimum atomic E-state index is -0.0614. The second-order valence-electron chi connectivity index (χ2n) is 9.36. The summed E-state index contributed by atoms with van der Waals surface area (Å²) < 4.78 is 0. The van der Waals surface area contributed by atoms with Crippen molar-refractivity contribution in [3.05, 3.63) is 47.9 Å². The highest BCUT2D eigenvalue weighted by Crippen LogP contribution is 2.37. The van der Waals surface area contributed by atoms with Crippen molar-refractivity contribution in [2.75, 3.05) is 25.0 Å². The lowest BCUT2D eigenvalue weighted by Crippen LogP contribution is -2.54. The molecule has 0 bridgehead atoms. The van der Waals surface area contributed by atoms with Gasteiger partial charge in [-0.2, -0.15) is 0 Å². The minimum Gasteiger partial charge on any atom is -0.343 e. The summed E-state index contributed by atoms with van der Waals surface area (Å²) in [6.45, 7) is 4.85. The average molecular weight is 473 g/mol. The first-order valence-electron chi connectivity index (χ1n) is 11.8. The lowest BCUT2D eigenvalue weighted by atomic mass is 9.99. The summed E-state index contributed by atoms with van der Waals surface area (Å²) in [5.74, 6) is 0.130. The van der Waals surface area contributed by atoms with Crippen molar-refractivity contribution in [2.24, 2.45) is 0 Å². The number of nitrogens with zero attached hydrogens (tertiary/aromatic N) is 6. The second-order valence-corrected chi connectivity index (χ2v) is 9.36. The van der Waals surface area contributed by atoms with Crippen molar-refractivity contribution in [3.8, 4) is 11.3 Å². The highest BCUT2D eigenvalue weighted by molar-refractivity contribution is 6.04. The molecule has 5 rings (SSSR count). The van der Waals surface area contributed by atoms with E-state index in [1.54, 1.807) is 32.0 Å². The van der Waals surface area contributed by atoms with Gasteiger partial charge in [-0.25, -0.2) is 9.78 Å². The van der Waals surface area contributed by atoms with Crippen LogP contribution in [0.1, 0.15) is 37.9 Å². The van der Waals surface area contributed by atoms with Gasteiger partial charge in [0.2, 0.25) is 5.91 Å². The number of carbonyl (C=O) groups excluding carboxylic acids is 3. The van der Waals surface area contributed by atoms with Crippen LogP contribution in [0.2, 0.25) is 0 Å². The van der Waals surface area contributed by atoms with Gasteiger partial charge < -0.3 is 9.80 Å². The molecule has 1 saturated heterocycles. The number of rotatable bonds is 4. The lowest BCUT2D eigenvalue weighted by molar-refractivity contribution is -0.129. The van der Waals surface area contributed by atoms with Gasteiger partial charge in [0.25, 0.3) is 0 Å². The zero-order valence-corrected chi connectivity index (χ0v) is 20.2. The van der Waals surface area contributed by atoms with Crippen LogP contribution in [0, 0.1) is 0 Å². The Kier molecular flexibility index (Phi) is 5.92. The molecule has 5 heterocycles. The van der Waals surface area contributed by atoms with Crippen LogP contribution in [0.3, 0.4) is 0 Å². The summed E-state index contributed by atoms with van der Waals surface area (Å²) in [7, 11) is 1.80. The smallest absolute Gasteiger partial charge is 0.324 e. The molecule has 180 valence electrons. The number of urea groups is 1. The molecule has 0 atom stereocenters. The predicted octanol–water partition coefficient (Wildman–Crippen LogP) is 3.21. The normalized spacial score (nSPS) is 16.5. The first kappa shape index (κ1) is 22.9. The number of pyridine rings is 3. The van der Waals surface area contributed by atoms with E-state index in [0.29, 0.717) is 44.4 Å². The number of hydrogen-bond acceptors (Lipinski definition) is 6. The van der Waals surface area contributed by atoms with E-state index in [1.807, 2.05) is 40.3 Å². The first-order chi connectivity index (χ1) is 16.8. The third-order valence-electron chi connectivity index (χ3n) is 6.77. The van der Waals surface area contributed by atoms with E-state index in [2.05, 4.69) is 9.97 Å². The van der Waals surface area contributed by atoms with Gasteiger partial charge in [-0.1, -0.05) is 0 Å². The number of Topliss-reactive ketones (excluding diaryl/α,β-unsaturated/α-hetero) is 1. The van der Waals surface area contributed by atoms with Crippen LogP contribution in [-0.2, 0) is 22.6 Å². The van der Waals surface area contributed by atoms with E-state index in [9.17, 15) is 14.4 Å². The summed E-state index contributed by atoms with van der Waals surface area (Å²) in [6.07, 6.45) is 5.28. The zero-order chi connectivity index (χ0) is 24.7. The summed E-state index contributed by atoms with van der Waals surface area (Å²) in [5.41, 5.74) is 5.44. The minimum absolute atomic E-state index is 0.0248. The number of fused-ring (bicyclic) bond motifs is 3. The number of carbonyl (C=O) groups is 3. The van der Waals surface area contributed by atoms with Crippen molar-refractivity contribution in [1.82, 2.24) is 24.8 Å². The molecule has 9 nitrogen and oxygen atoms in total. The molecule has 0 saturated carbocycles. The van der Waals surface area contributed by atoms with Gasteiger partial charge in [0.05, 0.1) is 23.4 Å². The van der Waals surface area contributed by atoms with Gasteiger partial charge in [-0.05, 0) is 44.0 Å². The maximum atomic E-state index is 13.4. The summed E-state index contributed by atoms with van der Waals surface area (Å²) >= 11 is 0. The van der Waals surface area contributed by atoms with Crippen LogP contribution < -0.4 is 4.90 Å². The lowest BCUT2D eigenvalue weighted by Gasteiger charge is -2.43. The Bertz CT molecular complexity index is 1310. The molecule has 0 aliphatic carbocycles. The van der Waals surface area contributed by atoms with Gasteiger partial charge in [-0.3, -0.25) is 24.5 Å². The van der Waals surface area contributed by atoms with Gasteiger partial charge in [0, 0.05) is 68.7 Å². The zero-order valence-electron chi connectivity index (χ0n) is 20.2. The molecule has 0 aromatic carbocycles. The van der Waals surface area contributed by atoms with Crippen molar-refractivity contribution in [3.63, 3.8) is 0 Å². The van der Waals surface area contributed by atoms with E-state index in [-0.39, 0.29) is 23.8 Å². The molecule has 0 spiro atoms. The van der Waals surface area contributed by atoms with Crippen LogP contribution in [0.25, 0.3) is 22.3 Å². The molecule has 1 fully saturated rings. The molecule has 2 aliphatic heterocycles. The fourth-order valence-electron chi connectivity index (χ4n) is 4.95. The molecule has 0 radical (unpaired) electrons. The Morgan fingerprint density at radius 2 is 1.80 bits per heavy atom. The Morgan fingerprint density at radius 1 is 1.03 bits per heavy atom. The number of amides is 3. The van der Waals surface area contributed by atoms with E-state index in [1.165, 1.54) is 0 Å². The standard InChI is InChI=1S/C26H28N6O3/c1-16(33)12-20-5-4-18(13-27-20)22-6-7-23-24(29-22)25-19(14-28-23)15-30(3)26(35)32(25)21-8-10-31(11-9-21)17(2)34/h4-7,13-14,21H,8-12,15H2,1-3H3. The van der Waals surface area contributed by atoms with Crippen LogP contribution >= 0.6 is 0 Å². The second kappa shape index (κ2) is 9.05. The molecule has 0 unspecified atom stereocenters. The molecular weight excluding hydrogens is 444 g/mol. The molecule has 9 heteroatoms. The SMILES string of the molecule is CC(=O)Cc1ccc(-c2ccc3ncc4c(c3n2)N(C2CCN(C(C)=O)CC2)C(=O)N(C)C4)cn1. The fourth-order valence-corrected chi connectivity index (χ4v) is 4.95. The number of piperidine rings is 1. The topological polar surface area (TPSA) is 99.6 Å². The number of aromatic nitrogens is 3. The number of anilines is 1. The van der Waals surface area contributed by atoms with Crippen LogP contribution in [0.5, 0.6) is 0 Å². The van der Waals surface area contributed by atoms with Gasteiger partial charge in [-0.15, -0.1) is 0 Å². The highest BCUT2D eigenvalue weighted by Gasteiger charge is 2.37. The largest absolute Gasteiger partial charge is 0.343 e. The molecule has 3 aromatic rings. The van der Waals surface area contributed by atoms with E-state index in [4.69, 9.17) is 4.98 Å². The highest BCUT2D eigenvalue weighted by atomic mass is 16.2. The molecule has 2 aliphatic rings. The quantitative estimate of drug-likeness (QED) is 0.578. The summed E-state index contributed by atoms with van der Waals surface area (Å²) in [5, 5.41) is 0. The van der Waals surface area contributed by atoms with Crippen LogP contribution in [0.15, 0.2) is 36.7 Å². The van der Waals surface area contributed by atoms with E-state index in [0.717, 1.165) is 33.7 Å². The first-order valence-corrected chi connectivity index (χ1v) is 11.8. The Balaban J connectivity index is 1.56. The Morgan fingerprint density at radius 3 is 2.46 bits per heavy atom. The number of likely N-dealkylation sites (tertiary alicyclic amines) is 1. The third kappa shape index (κ3) is 4.34. The Labute approximate surface area is 203 Å². The van der Waals surface area contributed by atoms with Crippen LogP contribution in [0.4, 0.5) is 10.5 Å². The molecule has 3 amide bonds.